The van der Waals surface area contributed by atoms with E-state index < -0.39 is 5.91 Å². The number of nitrogens with one attached hydrogen (secondary N) is 1. The number of nitrogens with two attached hydrogens (primary N) is 1. The zero-order valence-electron chi connectivity index (χ0n) is 15.3. The number of ether oxygens (including phenoxy) is 1. The number of anilines is 1. The van der Waals surface area contributed by atoms with Gasteiger partial charge in [0.15, 0.2) is 0 Å². The first-order valence-electron chi connectivity index (χ1n) is 8.35. The van der Waals surface area contributed by atoms with E-state index >= 15 is 0 Å². The fraction of sp³-hybridized carbons (Fsp3) is 0.143. The minimum atomic E-state index is -0.603. The van der Waals surface area contributed by atoms with E-state index in [0.29, 0.717) is 17.0 Å². The third kappa shape index (κ3) is 3.69. The summed E-state index contributed by atoms with van der Waals surface area (Å²) in [5, 5.41) is 3.65. The monoisotopic (exact) mass is 364 g/mol. The number of amides is 2. The van der Waals surface area contributed by atoms with Crippen LogP contribution in [-0.2, 0) is 4.79 Å². The fourth-order valence-electron chi connectivity index (χ4n) is 2.91. The maximum Gasteiger partial charge on any atom is 0.250 e. The van der Waals surface area contributed by atoms with E-state index in [1.54, 1.807) is 43.7 Å². The van der Waals surface area contributed by atoms with Crippen molar-refractivity contribution in [3.05, 3.63) is 65.4 Å². The molecule has 1 heterocycles. The molecule has 0 bridgehead atoms. The first-order valence-corrected chi connectivity index (χ1v) is 8.35. The maximum atomic E-state index is 12.5. The zero-order valence-corrected chi connectivity index (χ0v) is 15.3. The lowest BCUT2D eigenvalue weighted by atomic mass is 10.0. The molecule has 1 aromatic heterocycles. The van der Waals surface area contributed by atoms with E-state index in [1.807, 2.05) is 19.9 Å². The van der Waals surface area contributed by atoms with Crippen molar-refractivity contribution < 1.29 is 18.7 Å². The molecular formula is C21H20N2O4. The average molecular weight is 364 g/mol. The number of furan rings is 1. The number of carbonyl (C=O) groups excluding carboxylic acids is 2. The average Bonchev–Trinajstić information content (AvgIpc) is 3.00. The molecule has 0 aliphatic carbocycles. The van der Waals surface area contributed by atoms with E-state index in [2.05, 4.69) is 5.32 Å². The molecule has 0 fully saturated rings. The summed E-state index contributed by atoms with van der Waals surface area (Å²) in [6.45, 7) is 3.77. The van der Waals surface area contributed by atoms with Crippen LogP contribution in [0.1, 0.15) is 28.4 Å². The number of primary amides is 1. The van der Waals surface area contributed by atoms with Gasteiger partial charge in [-0.15, -0.1) is 0 Å². The Hall–Kier alpha value is -3.54. The summed E-state index contributed by atoms with van der Waals surface area (Å²) in [5.74, 6) is -0.364. The second-order valence-electron chi connectivity index (χ2n) is 6.19. The molecule has 2 amide bonds. The van der Waals surface area contributed by atoms with Gasteiger partial charge in [-0.05, 0) is 43.2 Å². The van der Waals surface area contributed by atoms with Gasteiger partial charge in [0, 0.05) is 23.1 Å². The number of allylic oxidation sites excluding steroid dienone is 1. The van der Waals surface area contributed by atoms with Gasteiger partial charge in [-0.25, -0.2) is 0 Å². The van der Waals surface area contributed by atoms with Gasteiger partial charge in [0.2, 0.25) is 5.91 Å². The van der Waals surface area contributed by atoms with E-state index in [9.17, 15) is 9.59 Å². The summed E-state index contributed by atoms with van der Waals surface area (Å²) in [5.41, 5.74) is 9.19. The van der Waals surface area contributed by atoms with Crippen LogP contribution in [0.3, 0.4) is 0 Å². The molecule has 3 rings (SSSR count). The summed E-state index contributed by atoms with van der Waals surface area (Å²) in [4.78, 5) is 23.9. The molecule has 0 saturated carbocycles. The summed E-state index contributed by atoms with van der Waals surface area (Å²) in [6.07, 6.45) is 3.14. The Bertz CT molecular complexity index is 1060. The second kappa shape index (κ2) is 7.37. The van der Waals surface area contributed by atoms with Crippen LogP contribution in [0.4, 0.5) is 5.69 Å². The van der Waals surface area contributed by atoms with Crippen molar-refractivity contribution in [2.24, 2.45) is 5.73 Å². The van der Waals surface area contributed by atoms with Crippen LogP contribution in [0.15, 0.2) is 53.2 Å². The van der Waals surface area contributed by atoms with Crippen LogP contribution in [0.2, 0.25) is 0 Å². The highest BCUT2D eigenvalue weighted by Crippen LogP contribution is 2.33. The fourth-order valence-corrected chi connectivity index (χ4v) is 2.91. The third-order valence-electron chi connectivity index (χ3n) is 4.31. The van der Waals surface area contributed by atoms with Gasteiger partial charge in [0.1, 0.15) is 11.3 Å². The van der Waals surface area contributed by atoms with Crippen molar-refractivity contribution >= 4 is 34.0 Å². The van der Waals surface area contributed by atoms with Crippen molar-refractivity contribution in [1.82, 2.24) is 0 Å². The van der Waals surface area contributed by atoms with Gasteiger partial charge < -0.3 is 20.2 Å². The summed E-state index contributed by atoms with van der Waals surface area (Å²) in [7, 11) is 1.57. The number of carbonyl (C=O) groups is 2. The van der Waals surface area contributed by atoms with Gasteiger partial charge in [-0.1, -0.05) is 12.1 Å². The highest BCUT2D eigenvalue weighted by molar-refractivity contribution is 6.08. The SMILES string of the molecule is COc1cc2occ(C)c2cc1/C(C)=C/C(=O)Nc1ccccc1C(N)=O. The normalized spacial score (nSPS) is 11.4. The summed E-state index contributed by atoms with van der Waals surface area (Å²) >= 11 is 0. The molecule has 2 aromatic carbocycles. The van der Waals surface area contributed by atoms with E-state index in [-0.39, 0.29) is 11.5 Å². The lowest BCUT2D eigenvalue weighted by Gasteiger charge is -2.10. The Morgan fingerprint density at radius 3 is 2.63 bits per heavy atom. The minimum absolute atomic E-state index is 0.255. The zero-order chi connectivity index (χ0) is 19.6. The van der Waals surface area contributed by atoms with Crippen LogP contribution >= 0.6 is 0 Å². The molecular weight excluding hydrogens is 344 g/mol. The smallest absolute Gasteiger partial charge is 0.250 e. The molecule has 0 spiro atoms. The second-order valence-corrected chi connectivity index (χ2v) is 6.19. The molecule has 3 N–H and O–H groups in total. The lowest BCUT2D eigenvalue weighted by Crippen LogP contribution is -2.17. The first kappa shape index (κ1) is 18.3. The van der Waals surface area contributed by atoms with Crippen LogP contribution in [0, 0.1) is 6.92 Å². The Morgan fingerprint density at radius 2 is 1.93 bits per heavy atom. The molecule has 3 aromatic rings. The van der Waals surface area contributed by atoms with Crippen molar-refractivity contribution in [2.75, 3.05) is 12.4 Å². The van der Waals surface area contributed by atoms with E-state index in [4.69, 9.17) is 14.9 Å². The predicted octanol–water partition coefficient (Wildman–Crippen LogP) is 3.89. The molecule has 0 unspecified atom stereocenters. The lowest BCUT2D eigenvalue weighted by molar-refractivity contribution is -0.111. The van der Waals surface area contributed by atoms with Crippen LogP contribution in [-0.4, -0.2) is 18.9 Å². The van der Waals surface area contributed by atoms with Crippen LogP contribution in [0.25, 0.3) is 16.5 Å². The minimum Gasteiger partial charge on any atom is -0.496 e. The Morgan fingerprint density at radius 1 is 1.19 bits per heavy atom. The standard InChI is InChI=1S/C21H20N2O4/c1-12(8-20(24)23-17-7-5-4-6-14(17)21(22)25)15-9-16-13(2)11-27-19(16)10-18(15)26-3/h4-11H,1-3H3,(H2,22,25)(H,23,24)/b12-8+. The number of methoxy groups -OCH3 is 1. The molecule has 0 radical (unpaired) electrons. The Balaban J connectivity index is 1.93. The first-order chi connectivity index (χ1) is 12.9. The number of aryl methyl sites for hydroxylation is 1. The highest BCUT2D eigenvalue weighted by Gasteiger charge is 2.13. The van der Waals surface area contributed by atoms with Gasteiger partial charge in [0.25, 0.3) is 5.91 Å². The third-order valence-corrected chi connectivity index (χ3v) is 4.31. The molecule has 0 saturated heterocycles. The molecule has 138 valence electrons. The van der Waals surface area contributed by atoms with Crippen molar-refractivity contribution in [3.63, 3.8) is 0 Å². The number of para-hydroxylation sites is 1. The van der Waals surface area contributed by atoms with E-state index in [0.717, 1.165) is 22.1 Å². The highest BCUT2D eigenvalue weighted by atomic mass is 16.5. The maximum absolute atomic E-state index is 12.5. The Kier molecular flexibility index (Phi) is 4.98. The molecule has 6 heteroatoms. The number of fused-ring (bicyclic) bond motifs is 1. The predicted molar refractivity (Wildman–Crippen MR) is 105 cm³/mol. The van der Waals surface area contributed by atoms with Crippen LogP contribution < -0.4 is 15.8 Å². The van der Waals surface area contributed by atoms with Gasteiger partial charge >= 0.3 is 0 Å². The van der Waals surface area contributed by atoms with Crippen molar-refractivity contribution in [2.45, 2.75) is 13.8 Å². The van der Waals surface area contributed by atoms with E-state index in [1.165, 1.54) is 6.08 Å². The molecule has 27 heavy (non-hydrogen) atoms. The molecule has 0 aliphatic rings. The van der Waals surface area contributed by atoms with Gasteiger partial charge in [-0.3, -0.25) is 9.59 Å². The number of hydrogen-bond donors (Lipinski definition) is 2. The van der Waals surface area contributed by atoms with Crippen molar-refractivity contribution in [3.8, 4) is 5.75 Å². The largest absolute Gasteiger partial charge is 0.496 e. The van der Waals surface area contributed by atoms with Crippen LogP contribution in [0.5, 0.6) is 5.75 Å². The number of hydrogen-bond acceptors (Lipinski definition) is 4. The van der Waals surface area contributed by atoms with Crippen molar-refractivity contribution in [1.29, 1.82) is 0 Å². The number of benzene rings is 2. The topological polar surface area (TPSA) is 94.6 Å². The quantitative estimate of drug-likeness (QED) is 0.672. The number of rotatable bonds is 5. The molecule has 6 nitrogen and oxygen atoms in total. The van der Waals surface area contributed by atoms with Gasteiger partial charge in [0.05, 0.1) is 24.6 Å². The summed E-state index contributed by atoms with van der Waals surface area (Å²) < 4.78 is 10.9. The molecule has 0 aliphatic heterocycles. The summed E-state index contributed by atoms with van der Waals surface area (Å²) in [6, 6.07) is 10.3. The molecule has 0 atom stereocenters. The van der Waals surface area contributed by atoms with Gasteiger partial charge in [-0.2, -0.15) is 0 Å². The Labute approximate surface area is 156 Å².